The van der Waals surface area contributed by atoms with E-state index >= 15 is 0 Å². The van der Waals surface area contributed by atoms with E-state index in [2.05, 4.69) is 52.5 Å². The number of rotatable bonds is 2. The Morgan fingerprint density at radius 1 is 1.15 bits per heavy atom. The molecule has 3 aromatic heterocycles. The number of aromatic nitrogens is 4. The average Bonchev–Trinajstić information content (AvgIpc) is 3.27. The molecule has 1 aromatic carbocycles. The largest absolute Gasteiger partial charge is 0.316 e. The van der Waals surface area contributed by atoms with E-state index in [9.17, 15) is 0 Å². The van der Waals surface area contributed by atoms with Crippen molar-refractivity contribution in [3.63, 3.8) is 0 Å². The number of nitrogens with one attached hydrogen (secondary N) is 1. The SMILES string of the molecule is Cc1cc(-c2cn3cc(C4[C@@H]5CNC[C@H]4C5)nc3s2)cc2cn(C)nc12. The van der Waals surface area contributed by atoms with E-state index in [-0.39, 0.29) is 0 Å². The van der Waals surface area contributed by atoms with E-state index in [0.29, 0.717) is 5.92 Å². The minimum atomic E-state index is 0.667. The first kappa shape index (κ1) is 14.9. The molecule has 132 valence electrons. The van der Waals surface area contributed by atoms with Crippen molar-refractivity contribution < 1.29 is 0 Å². The number of benzene rings is 1. The van der Waals surface area contributed by atoms with Gasteiger partial charge in [-0.2, -0.15) is 5.10 Å². The maximum Gasteiger partial charge on any atom is 0.194 e. The second-order valence-electron chi connectivity index (χ2n) is 7.92. The molecule has 0 spiro atoms. The number of fused-ring (bicyclic) bond motifs is 4. The van der Waals surface area contributed by atoms with E-state index in [0.717, 1.165) is 35.4 Å². The molecule has 6 heteroatoms. The maximum atomic E-state index is 4.99. The molecule has 4 heterocycles. The topological polar surface area (TPSA) is 47.1 Å². The third-order valence-electron chi connectivity index (χ3n) is 6.15. The summed E-state index contributed by atoms with van der Waals surface area (Å²) in [7, 11) is 1.98. The smallest absolute Gasteiger partial charge is 0.194 e. The van der Waals surface area contributed by atoms with Gasteiger partial charge in [-0.05, 0) is 61.5 Å². The van der Waals surface area contributed by atoms with Gasteiger partial charge in [-0.3, -0.25) is 9.08 Å². The number of thiazole rings is 1. The van der Waals surface area contributed by atoms with Crippen molar-refractivity contribution in [1.82, 2.24) is 24.5 Å². The van der Waals surface area contributed by atoms with Crippen LogP contribution in [0.1, 0.15) is 23.6 Å². The molecule has 1 N–H and O–H groups in total. The predicted molar refractivity (Wildman–Crippen MR) is 105 cm³/mol. The highest BCUT2D eigenvalue weighted by molar-refractivity contribution is 7.20. The number of hydrogen-bond acceptors (Lipinski definition) is 4. The third-order valence-corrected chi connectivity index (χ3v) is 7.19. The molecule has 1 unspecified atom stereocenters. The van der Waals surface area contributed by atoms with Crippen molar-refractivity contribution in [1.29, 1.82) is 0 Å². The monoisotopic (exact) mass is 363 g/mol. The fourth-order valence-electron chi connectivity index (χ4n) is 4.91. The lowest BCUT2D eigenvalue weighted by Gasteiger charge is -2.49. The second-order valence-corrected chi connectivity index (χ2v) is 8.93. The molecule has 2 fully saturated rings. The Morgan fingerprint density at radius 3 is 2.77 bits per heavy atom. The van der Waals surface area contributed by atoms with Gasteiger partial charge in [0.05, 0.1) is 16.1 Å². The summed E-state index contributed by atoms with van der Waals surface area (Å²) in [6.07, 6.45) is 7.96. The lowest BCUT2D eigenvalue weighted by atomic mass is 9.61. The highest BCUT2D eigenvalue weighted by atomic mass is 32.1. The maximum absolute atomic E-state index is 4.99. The predicted octanol–water partition coefficient (Wildman–Crippen LogP) is 3.58. The van der Waals surface area contributed by atoms with Crippen LogP contribution in [0.25, 0.3) is 26.3 Å². The highest BCUT2D eigenvalue weighted by Crippen LogP contribution is 2.49. The van der Waals surface area contributed by atoms with Crippen molar-refractivity contribution in [2.75, 3.05) is 13.1 Å². The van der Waals surface area contributed by atoms with Crippen molar-refractivity contribution in [3.05, 3.63) is 42.0 Å². The summed E-state index contributed by atoms with van der Waals surface area (Å²) in [5.41, 5.74) is 4.86. The average molecular weight is 363 g/mol. The van der Waals surface area contributed by atoms with Gasteiger partial charge in [-0.1, -0.05) is 11.3 Å². The Morgan fingerprint density at radius 2 is 2.00 bits per heavy atom. The third kappa shape index (κ3) is 2.06. The Labute approximate surface area is 155 Å². The van der Waals surface area contributed by atoms with Crippen LogP contribution in [0.15, 0.2) is 30.7 Å². The van der Waals surface area contributed by atoms with Crippen LogP contribution in [0.2, 0.25) is 0 Å². The standard InChI is InChI=1S/C20H21N5S/c1-11-3-12(4-15-8-24(2)23-19(11)15)17-10-25-9-16(22-20(25)26-17)18-13-5-14(18)7-21-6-13/h3-4,8-10,13-14,18,21H,5-7H2,1-2H3/t13-,14+,18?. The van der Waals surface area contributed by atoms with Crippen LogP contribution in [-0.2, 0) is 7.05 Å². The van der Waals surface area contributed by atoms with Gasteiger partial charge in [0.15, 0.2) is 4.96 Å². The van der Waals surface area contributed by atoms with Crippen molar-refractivity contribution in [2.24, 2.45) is 18.9 Å². The van der Waals surface area contributed by atoms with Gasteiger partial charge in [0.1, 0.15) is 0 Å². The number of imidazole rings is 1. The lowest BCUT2D eigenvalue weighted by molar-refractivity contribution is 0.0886. The molecule has 1 aliphatic heterocycles. The zero-order valence-electron chi connectivity index (χ0n) is 14.9. The van der Waals surface area contributed by atoms with Crippen LogP contribution in [0.5, 0.6) is 0 Å². The second kappa shape index (κ2) is 5.18. The normalized spacial score (nSPS) is 25.1. The van der Waals surface area contributed by atoms with Crippen molar-refractivity contribution >= 4 is 27.2 Å². The summed E-state index contributed by atoms with van der Waals surface area (Å²) in [5, 5.41) is 9.28. The number of aryl methyl sites for hydroxylation is 2. The van der Waals surface area contributed by atoms with Gasteiger partial charge in [-0.15, -0.1) is 0 Å². The Bertz CT molecular complexity index is 1100. The molecule has 4 aromatic rings. The van der Waals surface area contributed by atoms with Gasteiger partial charge in [-0.25, -0.2) is 4.98 Å². The van der Waals surface area contributed by atoms with Gasteiger partial charge in [0.2, 0.25) is 0 Å². The van der Waals surface area contributed by atoms with E-state index in [1.165, 1.54) is 33.5 Å². The van der Waals surface area contributed by atoms with E-state index < -0.39 is 0 Å². The molecule has 0 amide bonds. The quantitative estimate of drug-likeness (QED) is 0.592. The van der Waals surface area contributed by atoms with Gasteiger partial charge in [0, 0.05) is 36.9 Å². The first-order valence-corrected chi connectivity index (χ1v) is 10.1. The van der Waals surface area contributed by atoms with Crippen LogP contribution < -0.4 is 5.32 Å². The van der Waals surface area contributed by atoms with Crippen LogP contribution in [0.3, 0.4) is 0 Å². The molecule has 1 aliphatic carbocycles. The van der Waals surface area contributed by atoms with E-state index in [4.69, 9.17) is 4.98 Å². The fraction of sp³-hybridized carbons (Fsp3) is 0.400. The molecular weight excluding hydrogens is 342 g/mol. The van der Waals surface area contributed by atoms with E-state index in [1.54, 1.807) is 11.3 Å². The Balaban J connectivity index is 1.39. The minimum absolute atomic E-state index is 0.667. The number of hydrogen-bond donors (Lipinski definition) is 1. The van der Waals surface area contributed by atoms with Gasteiger partial charge in [0.25, 0.3) is 0 Å². The van der Waals surface area contributed by atoms with Crippen molar-refractivity contribution in [2.45, 2.75) is 19.3 Å². The highest BCUT2D eigenvalue weighted by Gasteiger charge is 2.45. The molecule has 1 saturated heterocycles. The molecule has 3 atom stereocenters. The zero-order valence-corrected chi connectivity index (χ0v) is 15.8. The molecule has 2 aliphatic rings. The summed E-state index contributed by atoms with van der Waals surface area (Å²) in [4.78, 5) is 7.36. The minimum Gasteiger partial charge on any atom is -0.316 e. The summed E-state index contributed by atoms with van der Waals surface area (Å²) < 4.78 is 4.11. The molecule has 0 radical (unpaired) electrons. The molecule has 26 heavy (non-hydrogen) atoms. The number of nitrogens with zero attached hydrogens (tertiary/aromatic N) is 4. The Kier molecular flexibility index (Phi) is 2.97. The van der Waals surface area contributed by atoms with Crippen LogP contribution in [0, 0.1) is 18.8 Å². The van der Waals surface area contributed by atoms with Gasteiger partial charge < -0.3 is 5.32 Å². The summed E-state index contributed by atoms with van der Waals surface area (Å²) in [6, 6.07) is 4.48. The van der Waals surface area contributed by atoms with Crippen LogP contribution >= 0.6 is 11.3 Å². The zero-order chi connectivity index (χ0) is 17.4. The van der Waals surface area contributed by atoms with Crippen LogP contribution in [-0.4, -0.2) is 32.3 Å². The molecule has 2 bridgehead atoms. The molecule has 5 nitrogen and oxygen atoms in total. The fourth-order valence-corrected chi connectivity index (χ4v) is 5.87. The summed E-state index contributed by atoms with van der Waals surface area (Å²) in [5.74, 6) is 2.24. The van der Waals surface area contributed by atoms with E-state index in [1.807, 2.05) is 11.7 Å². The van der Waals surface area contributed by atoms with Gasteiger partial charge >= 0.3 is 0 Å². The summed E-state index contributed by atoms with van der Waals surface area (Å²) in [6.45, 7) is 4.45. The lowest BCUT2D eigenvalue weighted by Crippen LogP contribution is -2.51. The molecule has 1 saturated carbocycles. The Hall–Kier alpha value is -2.18. The number of piperidine rings is 2. The molecule has 6 rings (SSSR count). The summed E-state index contributed by atoms with van der Waals surface area (Å²) >= 11 is 1.78. The first-order valence-electron chi connectivity index (χ1n) is 9.29. The first-order chi connectivity index (χ1) is 12.7. The molecular formula is C20H21N5S. The van der Waals surface area contributed by atoms with Crippen LogP contribution in [0.4, 0.5) is 0 Å². The van der Waals surface area contributed by atoms with Crippen molar-refractivity contribution in [3.8, 4) is 10.4 Å².